The number of likely N-dealkylation sites (tertiary alicyclic amines) is 1. The van der Waals surface area contributed by atoms with Gasteiger partial charge in [-0.1, -0.05) is 19.1 Å². The van der Waals surface area contributed by atoms with E-state index in [-0.39, 0.29) is 24.0 Å². The quantitative estimate of drug-likeness (QED) is 0.908. The van der Waals surface area contributed by atoms with Crippen LogP contribution >= 0.6 is 11.8 Å². The lowest BCUT2D eigenvalue weighted by Crippen LogP contribution is -2.52. The smallest absolute Gasteiger partial charge is 0.244 e. The Morgan fingerprint density at radius 1 is 1.29 bits per heavy atom. The SMILES string of the molecule is CCC1(CO)CCN(C(C)C(=O)N2CCSc3ccccc32)CC1. The summed E-state index contributed by atoms with van der Waals surface area (Å²) in [6, 6.07) is 8.09. The summed E-state index contributed by atoms with van der Waals surface area (Å²) in [4.78, 5) is 18.5. The van der Waals surface area contributed by atoms with Crippen molar-refractivity contribution in [2.75, 3.05) is 36.9 Å². The van der Waals surface area contributed by atoms with Crippen LogP contribution in [-0.4, -0.2) is 53.9 Å². The monoisotopic (exact) mass is 348 g/mol. The predicted molar refractivity (Wildman–Crippen MR) is 99.6 cm³/mol. The minimum Gasteiger partial charge on any atom is -0.396 e. The van der Waals surface area contributed by atoms with E-state index >= 15 is 0 Å². The van der Waals surface area contributed by atoms with E-state index in [9.17, 15) is 9.90 Å². The van der Waals surface area contributed by atoms with Crippen molar-refractivity contribution in [2.24, 2.45) is 5.41 Å². The normalized spacial score (nSPS) is 22.0. The fourth-order valence-corrected chi connectivity index (χ4v) is 4.78. The molecule has 1 unspecified atom stereocenters. The second-order valence-electron chi connectivity index (χ2n) is 7.03. The van der Waals surface area contributed by atoms with Gasteiger partial charge in [-0.05, 0) is 56.8 Å². The molecule has 1 N–H and O–H groups in total. The average molecular weight is 349 g/mol. The molecule has 1 atom stereocenters. The van der Waals surface area contributed by atoms with Crippen molar-refractivity contribution in [3.8, 4) is 0 Å². The molecular weight excluding hydrogens is 320 g/mol. The van der Waals surface area contributed by atoms with E-state index in [4.69, 9.17) is 0 Å². The molecule has 1 aromatic carbocycles. The highest BCUT2D eigenvalue weighted by atomic mass is 32.2. The van der Waals surface area contributed by atoms with Gasteiger partial charge in [0.1, 0.15) is 0 Å². The lowest BCUT2D eigenvalue weighted by Gasteiger charge is -2.43. The average Bonchev–Trinajstić information content (AvgIpc) is 2.66. The number of fused-ring (bicyclic) bond motifs is 1. The summed E-state index contributed by atoms with van der Waals surface area (Å²) in [6.45, 7) is 7.02. The molecule has 3 rings (SSSR count). The Morgan fingerprint density at radius 3 is 2.67 bits per heavy atom. The van der Waals surface area contributed by atoms with Gasteiger partial charge in [-0.25, -0.2) is 0 Å². The Kier molecular flexibility index (Phi) is 5.52. The number of para-hydroxylation sites is 1. The maximum Gasteiger partial charge on any atom is 0.244 e. The number of rotatable bonds is 4. The van der Waals surface area contributed by atoms with Crippen LogP contribution in [0, 0.1) is 5.41 Å². The summed E-state index contributed by atoms with van der Waals surface area (Å²) in [5, 5.41) is 9.69. The topological polar surface area (TPSA) is 43.8 Å². The van der Waals surface area contributed by atoms with Crippen LogP contribution in [-0.2, 0) is 4.79 Å². The largest absolute Gasteiger partial charge is 0.396 e. The molecule has 1 amide bonds. The second-order valence-corrected chi connectivity index (χ2v) is 8.17. The summed E-state index contributed by atoms with van der Waals surface area (Å²) >= 11 is 1.83. The third-order valence-electron chi connectivity index (χ3n) is 5.84. The van der Waals surface area contributed by atoms with Crippen molar-refractivity contribution in [1.82, 2.24) is 4.90 Å². The van der Waals surface area contributed by atoms with E-state index in [0.717, 1.165) is 50.3 Å². The number of anilines is 1. The van der Waals surface area contributed by atoms with E-state index in [1.807, 2.05) is 35.7 Å². The zero-order valence-corrected chi connectivity index (χ0v) is 15.5. The highest BCUT2D eigenvalue weighted by molar-refractivity contribution is 7.99. The van der Waals surface area contributed by atoms with Gasteiger partial charge in [0, 0.05) is 23.8 Å². The van der Waals surface area contributed by atoms with Gasteiger partial charge in [-0.2, -0.15) is 0 Å². The molecule has 4 nitrogen and oxygen atoms in total. The number of carbonyl (C=O) groups excluding carboxylic acids is 1. The lowest BCUT2D eigenvalue weighted by atomic mass is 9.76. The van der Waals surface area contributed by atoms with Gasteiger partial charge in [0.2, 0.25) is 5.91 Å². The first kappa shape index (κ1) is 17.8. The standard InChI is InChI=1S/C19H28N2O2S/c1-3-19(14-22)8-10-20(11-9-19)15(2)18(23)21-12-13-24-17-7-5-4-6-16(17)21/h4-7,15,22H,3,8-14H2,1-2H3. The van der Waals surface area contributed by atoms with Crippen molar-refractivity contribution < 1.29 is 9.90 Å². The molecular formula is C19H28N2O2S. The maximum atomic E-state index is 13.1. The van der Waals surface area contributed by atoms with Gasteiger partial charge in [-0.3, -0.25) is 9.69 Å². The Hall–Kier alpha value is -1.04. The number of aliphatic hydroxyl groups excluding tert-OH is 1. The number of benzene rings is 1. The molecule has 0 bridgehead atoms. The van der Waals surface area contributed by atoms with Crippen LogP contribution in [0.15, 0.2) is 29.2 Å². The van der Waals surface area contributed by atoms with Crippen LogP contribution in [0.5, 0.6) is 0 Å². The van der Waals surface area contributed by atoms with Crippen LogP contribution in [0.4, 0.5) is 5.69 Å². The molecule has 0 aromatic heterocycles. The number of piperidine rings is 1. The molecule has 0 saturated carbocycles. The molecule has 1 fully saturated rings. The molecule has 1 saturated heterocycles. The highest BCUT2D eigenvalue weighted by Crippen LogP contribution is 2.37. The van der Waals surface area contributed by atoms with Crippen LogP contribution in [0.3, 0.4) is 0 Å². The zero-order chi connectivity index (χ0) is 17.2. The van der Waals surface area contributed by atoms with Crippen LogP contribution in [0.2, 0.25) is 0 Å². The van der Waals surface area contributed by atoms with E-state index in [1.165, 1.54) is 4.90 Å². The summed E-state index contributed by atoms with van der Waals surface area (Å²) in [6.07, 6.45) is 2.96. The van der Waals surface area contributed by atoms with Crippen molar-refractivity contribution in [3.05, 3.63) is 24.3 Å². The number of nitrogens with zero attached hydrogens (tertiary/aromatic N) is 2. The minimum absolute atomic E-state index is 0.0631. The maximum absolute atomic E-state index is 13.1. The molecule has 0 radical (unpaired) electrons. The molecule has 132 valence electrons. The Bertz CT molecular complexity index is 578. The van der Waals surface area contributed by atoms with Gasteiger partial charge < -0.3 is 10.0 Å². The first-order chi connectivity index (χ1) is 11.6. The summed E-state index contributed by atoms with van der Waals surface area (Å²) in [5.41, 5.74) is 1.12. The Balaban J connectivity index is 1.68. The molecule has 1 aromatic rings. The molecule has 2 aliphatic rings. The number of hydrogen-bond acceptors (Lipinski definition) is 4. The van der Waals surface area contributed by atoms with Gasteiger partial charge in [0.25, 0.3) is 0 Å². The van der Waals surface area contributed by atoms with E-state index in [1.54, 1.807) is 0 Å². The molecule has 0 aliphatic carbocycles. The molecule has 2 aliphatic heterocycles. The van der Waals surface area contributed by atoms with Crippen LogP contribution in [0.1, 0.15) is 33.1 Å². The van der Waals surface area contributed by atoms with Gasteiger partial charge in [-0.15, -0.1) is 11.8 Å². The van der Waals surface area contributed by atoms with E-state index in [2.05, 4.69) is 24.0 Å². The number of amides is 1. The summed E-state index contributed by atoms with van der Waals surface area (Å²) in [7, 11) is 0. The Labute approximate surface area is 149 Å². The molecule has 0 spiro atoms. The van der Waals surface area contributed by atoms with Crippen LogP contribution in [0.25, 0.3) is 0 Å². The van der Waals surface area contributed by atoms with Gasteiger partial charge >= 0.3 is 0 Å². The zero-order valence-electron chi connectivity index (χ0n) is 14.7. The predicted octanol–water partition coefficient (Wildman–Crippen LogP) is 3.00. The van der Waals surface area contributed by atoms with E-state index < -0.39 is 0 Å². The fourth-order valence-electron chi connectivity index (χ4n) is 3.79. The van der Waals surface area contributed by atoms with Gasteiger partial charge in [0.05, 0.1) is 11.7 Å². The first-order valence-electron chi connectivity index (χ1n) is 8.98. The van der Waals surface area contributed by atoms with Gasteiger partial charge in [0.15, 0.2) is 0 Å². The van der Waals surface area contributed by atoms with Crippen LogP contribution < -0.4 is 4.90 Å². The number of thioether (sulfide) groups is 1. The fraction of sp³-hybridized carbons (Fsp3) is 0.632. The molecule has 24 heavy (non-hydrogen) atoms. The third kappa shape index (κ3) is 3.35. The van der Waals surface area contributed by atoms with Crippen molar-refractivity contribution in [3.63, 3.8) is 0 Å². The number of carbonyl (C=O) groups is 1. The summed E-state index contributed by atoms with van der Waals surface area (Å²) in [5.74, 6) is 1.16. The Morgan fingerprint density at radius 2 is 2.00 bits per heavy atom. The van der Waals surface area contributed by atoms with E-state index in [0.29, 0.717) is 0 Å². The molecule has 2 heterocycles. The molecule has 5 heteroatoms. The summed E-state index contributed by atoms with van der Waals surface area (Å²) < 4.78 is 0. The second kappa shape index (κ2) is 7.46. The third-order valence-corrected chi connectivity index (χ3v) is 6.89. The van der Waals surface area contributed by atoms with Crippen molar-refractivity contribution in [1.29, 1.82) is 0 Å². The van der Waals surface area contributed by atoms with Crippen molar-refractivity contribution >= 4 is 23.4 Å². The lowest BCUT2D eigenvalue weighted by molar-refractivity contribution is -0.124. The first-order valence-corrected chi connectivity index (χ1v) is 9.97. The minimum atomic E-state index is -0.102. The number of aliphatic hydroxyl groups is 1. The van der Waals surface area contributed by atoms with Crippen molar-refractivity contribution in [2.45, 2.75) is 44.0 Å². The highest BCUT2D eigenvalue weighted by Gasteiger charge is 2.36. The number of hydrogen-bond donors (Lipinski definition) is 1.